The van der Waals surface area contributed by atoms with Crippen molar-refractivity contribution in [1.82, 2.24) is 0 Å². The third-order valence-electron chi connectivity index (χ3n) is 11.7. The van der Waals surface area contributed by atoms with E-state index in [2.05, 4.69) is 151 Å². The average Bonchev–Trinajstić information content (AvgIpc) is 3.06. The molecule has 0 N–H and O–H groups in total. The second-order valence-corrected chi connectivity index (χ2v) is 14.8. The van der Waals surface area contributed by atoms with E-state index in [1.807, 2.05) is 0 Å². The molecule has 0 fully saturated rings. The van der Waals surface area contributed by atoms with Crippen molar-refractivity contribution < 1.29 is 0 Å². The Hall–Kier alpha value is -5.07. The topological polar surface area (TPSA) is 0 Å². The zero-order valence-corrected chi connectivity index (χ0v) is 28.5. The Bertz CT molecular complexity index is 2460. The number of rotatable bonds is 2. The Balaban J connectivity index is 1.38. The van der Waals surface area contributed by atoms with Gasteiger partial charge in [-0.2, -0.15) is 0 Å². The van der Waals surface area contributed by atoms with Crippen LogP contribution in [0.4, 0.5) is 0 Å². The van der Waals surface area contributed by atoms with Gasteiger partial charge in [-0.25, -0.2) is 0 Å². The zero-order valence-electron chi connectivity index (χ0n) is 28.5. The van der Waals surface area contributed by atoms with E-state index in [9.17, 15) is 0 Å². The molecule has 2 heterocycles. The molecular formula is C46H36B2. The summed E-state index contributed by atoms with van der Waals surface area (Å²) in [4.78, 5) is 0. The fourth-order valence-electron chi connectivity index (χ4n) is 10.2. The molecule has 0 saturated carbocycles. The van der Waals surface area contributed by atoms with Gasteiger partial charge in [0.15, 0.2) is 0 Å². The van der Waals surface area contributed by atoms with Crippen molar-refractivity contribution in [1.29, 1.82) is 0 Å². The third kappa shape index (κ3) is 3.58. The van der Waals surface area contributed by atoms with E-state index in [1.54, 1.807) is 0 Å². The minimum atomic E-state index is 0.182. The first-order chi connectivity index (χ1) is 23.3. The second-order valence-electron chi connectivity index (χ2n) is 14.8. The second kappa shape index (κ2) is 9.74. The highest BCUT2D eigenvalue weighted by atomic mass is 14.3. The van der Waals surface area contributed by atoms with Gasteiger partial charge < -0.3 is 0 Å². The van der Waals surface area contributed by atoms with Crippen molar-refractivity contribution in [2.45, 2.75) is 41.5 Å². The molecule has 0 amide bonds. The molecule has 8 aromatic rings. The Morgan fingerprint density at radius 3 is 1.10 bits per heavy atom. The molecular weight excluding hydrogens is 574 g/mol. The first-order valence-corrected chi connectivity index (χ1v) is 17.4. The van der Waals surface area contributed by atoms with Gasteiger partial charge in [-0.3, -0.25) is 0 Å². The SMILES string of the molecule is Cc1cc(C)c(B2c3ccccc3-c3ccc4cc5c6c(ccc7cc2c3c4c76)-c2ccccc2B5c2c(C)cc(C)cc2C)c(C)c1. The van der Waals surface area contributed by atoms with Crippen molar-refractivity contribution >= 4 is 78.5 Å². The molecule has 8 aromatic carbocycles. The predicted octanol–water partition coefficient (Wildman–Crippen LogP) is 7.43. The number of hydrogen-bond acceptors (Lipinski definition) is 0. The van der Waals surface area contributed by atoms with Crippen LogP contribution in [0.3, 0.4) is 0 Å². The summed E-state index contributed by atoms with van der Waals surface area (Å²) in [6, 6.07) is 42.6. The summed E-state index contributed by atoms with van der Waals surface area (Å²) in [7, 11) is 0. The van der Waals surface area contributed by atoms with Crippen LogP contribution in [0.1, 0.15) is 33.4 Å². The maximum absolute atomic E-state index is 2.56. The fraction of sp³-hybridized carbons (Fsp3) is 0.130. The van der Waals surface area contributed by atoms with Gasteiger partial charge in [0.2, 0.25) is 13.4 Å². The smallest absolute Gasteiger partial charge is 0.0664 e. The Morgan fingerprint density at radius 1 is 0.333 bits per heavy atom. The zero-order chi connectivity index (χ0) is 32.6. The quantitative estimate of drug-likeness (QED) is 0.141. The molecule has 226 valence electrons. The van der Waals surface area contributed by atoms with Crippen LogP contribution in [0.25, 0.3) is 54.6 Å². The molecule has 0 nitrogen and oxygen atoms in total. The first kappa shape index (κ1) is 28.0. The van der Waals surface area contributed by atoms with E-state index >= 15 is 0 Å². The number of aryl methyl sites for hydroxylation is 6. The van der Waals surface area contributed by atoms with Gasteiger partial charge in [0.25, 0.3) is 0 Å². The molecule has 2 aliphatic rings. The van der Waals surface area contributed by atoms with E-state index in [-0.39, 0.29) is 13.4 Å². The van der Waals surface area contributed by atoms with E-state index < -0.39 is 0 Å². The van der Waals surface area contributed by atoms with E-state index in [0.717, 1.165) is 0 Å². The lowest BCUT2D eigenvalue weighted by Crippen LogP contribution is -2.57. The molecule has 0 saturated heterocycles. The van der Waals surface area contributed by atoms with Crippen LogP contribution in [-0.2, 0) is 0 Å². The average molecular weight is 610 g/mol. The largest absolute Gasteiger partial charge is 0.243 e. The molecule has 48 heavy (non-hydrogen) atoms. The minimum Gasteiger partial charge on any atom is -0.0664 e. The lowest BCUT2D eigenvalue weighted by Gasteiger charge is -2.33. The van der Waals surface area contributed by atoms with Crippen LogP contribution in [0.15, 0.2) is 109 Å². The van der Waals surface area contributed by atoms with Gasteiger partial charge in [-0.1, -0.05) is 175 Å². The molecule has 0 aromatic heterocycles. The highest BCUT2D eigenvalue weighted by Gasteiger charge is 2.38. The maximum Gasteiger partial charge on any atom is 0.243 e. The molecule has 2 heteroatoms. The summed E-state index contributed by atoms with van der Waals surface area (Å²) in [5, 5.41) is 8.43. The van der Waals surface area contributed by atoms with Crippen molar-refractivity contribution in [2.75, 3.05) is 0 Å². The van der Waals surface area contributed by atoms with Crippen LogP contribution < -0.4 is 32.8 Å². The van der Waals surface area contributed by atoms with Gasteiger partial charge in [0, 0.05) is 0 Å². The molecule has 0 unspecified atom stereocenters. The predicted molar refractivity (Wildman–Crippen MR) is 212 cm³/mol. The summed E-state index contributed by atoms with van der Waals surface area (Å²) < 4.78 is 0. The molecule has 2 aliphatic heterocycles. The Morgan fingerprint density at radius 2 is 0.708 bits per heavy atom. The fourth-order valence-corrected chi connectivity index (χ4v) is 10.2. The van der Waals surface area contributed by atoms with E-state index in [0.29, 0.717) is 0 Å². The van der Waals surface area contributed by atoms with Crippen molar-refractivity contribution in [3.63, 3.8) is 0 Å². The maximum atomic E-state index is 2.56. The monoisotopic (exact) mass is 610 g/mol. The molecule has 0 radical (unpaired) electrons. The molecule has 10 rings (SSSR count). The van der Waals surface area contributed by atoms with Gasteiger partial charge in [-0.05, 0) is 96.1 Å². The summed E-state index contributed by atoms with van der Waals surface area (Å²) in [6.45, 7) is 14.0. The summed E-state index contributed by atoms with van der Waals surface area (Å²) in [6.07, 6.45) is 0. The molecule has 0 aliphatic carbocycles. The molecule has 0 bridgehead atoms. The van der Waals surface area contributed by atoms with Gasteiger partial charge in [0.05, 0.1) is 0 Å². The van der Waals surface area contributed by atoms with Gasteiger partial charge in [-0.15, -0.1) is 0 Å². The summed E-state index contributed by atoms with van der Waals surface area (Å²) in [5.74, 6) is 0. The van der Waals surface area contributed by atoms with Crippen LogP contribution in [-0.4, -0.2) is 13.4 Å². The van der Waals surface area contributed by atoms with Crippen LogP contribution in [0, 0.1) is 41.5 Å². The minimum absolute atomic E-state index is 0.182. The number of benzene rings is 8. The first-order valence-electron chi connectivity index (χ1n) is 17.4. The highest BCUT2D eigenvalue weighted by Crippen LogP contribution is 2.43. The van der Waals surface area contributed by atoms with Crippen molar-refractivity contribution in [3.05, 3.63) is 143 Å². The van der Waals surface area contributed by atoms with Crippen LogP contribution in [0.5, 0.6) is 0 Å². The number of fused-ring (bicyclic) bond motifs is 4. The van der Waals surface area contributed by atoms with Crippen LogP contribution in [0.2, 0.25) is 0 Å². The van der Waals surface area contributed by atoms with E-state index in [1.165, 1.54) is 121 Å². The van der Waals surface area contributed by atoms with E-state index in [4.69, 9.17) is 0 Å². The lowest BCUT2D eigenvalue weighted by atomic mass is 9.31. The third-order valence-corrected chi connectivity index (χ3v) is 11.7. The van der Waals surface area contributed by atoms with Crippen LogP contribution >= 0.6 is 0 Å². The standard InChI is InChI=1S/C46H36B2/c1-25-19-27(3)45(28(4)20-25)47-37-13-9-7-11-33(37)35-17-16-32-24-40-44-36(18-15-31-23-39(47)43(35)41(32)42(31)44)34-12-8-10-14-38(34)48(40)46-29(5)21-26(2)22-30(46)6/h7-24H,1-6H3. The summed E-state index contributed by atoms with van der Waals surface area (Å²) in [5.41, 5.74) is 22.3. The van der Waals surface area contributed by atoms with Gasteiger partial charge in [0.1, 0.15) is 0 Å². The lowest BCUT2D eigenvalue weighted by molar-refractivity contribution is 1.35. The highest BCUT2D eigenvalue weighted by molar-refractivity contribution is 7.00. The molecule has 0 spiro atoms. The van der Waals surface area contributed by atoms with Gasteiger partial charge >= 0.3 is 0 Å². The Kier molecular flexibility index (Phi) is 5.68. The van der Waals surface area contributed by atoms with Crippen molar-refractivity contribution in [2.24, 2.45) is 0 Å². The number of hydrogen-bond donors (Lipinski definition) is 0. The van der Waals surface area contributed by atoms with Crippen molar-refractivity contribution in [3.8, 4) is 22.3 Å². The molecule has 0 atom stereocenters. The summed E-state index contributed by atoms with van der Waals surface area (Å²) >= 11 is 0. The Labute approximate surface area is 284 Å². The normalized spacial score (nSPS) is 13.1.